The average Bonchev–Trinajstić information content (AvgIpc) is 3.36. The van der Waals surface area contributed by atoms with Crippen LogP contribution < -0.4 is 14.4 Å². The first-order valence-corrected chi connectivity index (χ1v) is 11.4. The molecule has 6 nitrogen and oxygen atoms in total. The van der Waals surface area contributed by atoms with Crippen molar-refractivity contribution in [3.63, 3.8) is 0 Å². The molecule has 0 radical (unpaired) electrons. The molecule has 0 spiro atoms. The summed E-state index contributed by atoms with van der Waals surface area (Å²) in [6.07, 6.45) is 4.74. The fourth-order valence-electron chi connectivity index (χ4n) is 4.56. The third kappa shape index (κ3) is 3.83. The molecule has 7 heteroatoms. The first kappa shape index (κ1) is 19.8. The molecule has 0 heterocycles. The topological polar surface area (TPSA) is 75.7 Å². The van der Waals surface area contributed by atoms with Gasteiger partial charge in [-0.1, -0.05) is 12.5 Å². The average molecular weight is 415 g/mol. The van der Waals surface area contributed by atoms with Gasteiger partial charge in [0.25, 0.3) is 15.9 Å². The monoisotopic (exact) mass is 414 g/mol. The molecule has 2 aromatic rings. The summed E-state index contributed by atoms with van der Waals surface area (Å²) in [6.45, 7) is 0. The number of methoxy groups -OCH3 is 1. The Balaban J connectivity index is 1.51. The van der Waals surface area contributed by atoms with E-state index in [2.05, 4.69) is 5.32 Å². The van der Waals surface area contributed by atoms with Gasteiger partial charge in [-0.2, -0.15) is 0 Å². The van der Waals surface area contributed by atoms with E-state index < -0.39 is 10.0 Å². The number of nitrogens with zero attached hydrogens (tertiary/aromatic N) is 1. The van der Waals surface area contributed by atoms with Crippen LogP contribution in [0.1, 0.15) is 36.0 Å². The number of amides is 1. The van der Waals surface area contributed by atoms with Crippen LogP contribution >= 0.6 is 0 Å². The zero-order valence-electron chi connectivity index (χ0n) is 16.7. The number of hydrogen-bond donors (Lipinski definition) is 1. The van der Waals surface area contributed by atoms with Crippen molar-refractivity contribution in [2.24, 2.45) is 11.8 Å². The normalized spacial score (nSPS) is 23.0. The molecule has 2 aliphatic rings. The smallest absolute Gasteiger partial charge is 0.264 e. The Labute approximate surface area is 171 Å². The molecule has 2 aliphatic carbocycles. The molecule has 2 bridgehead atoms. The Morgan fingerprint density at radius 1 is 1.10 bits per heavy atom. The number of anilines is 1. The van der Waals surface area contributed by atoms with E-state index in [4.69, 9.17) is 4.74 Å². The van der Waals surface area contributed by atoms with Gasteiger partial charge in [0.05, 0.1) is 17.7 Å². The highest BCUT2D eigenvalue weighted by atomic mass is 32.2. The molecular weight excluding hydrogens is 388 g/mol. The largest absolute Gasteiger partial charge is 0.497 e. The highest BCUT2D eigenvalue weighted by Crippen LogP contribution is 2.44. The van der Waals surface area contributed by atoms with E-state index in [1.807, 2.05) is 0 Å². The third-order valence-electron chi connectivity index (χ3n) is 6.24. The van der Waals surface area contributed by atoms with Crippen molar-refractivity contribution in [1.82, 2.24) is 5.32 Å². The highest BCUT2D eigenvalue weighted by Gasteiger charge is 2.40. The van der Waals surface area contributed by atoms with Crippen LogP contribution in [-0.4, -0.2) is 34.5 Å². The van der Waals surface area contributed by atoms with Gasteiger partial charge in [0.2, 0.25) is 0 Å². The summed E-state index contributed by atoms with van der Waals surface area (Å²) in [6, 6.07) is 13.2. The molecule has 3 atom stereocenters. The minimum Gasteiger partial charge on any atom is -0.497 e. The first-order valence-electron chi connectivity index (χ1n) is 9.92. The molecule has 2 aromatic carbocycles. The maximum absolute atomic E-state index is 13.0. The number of carbonyl (C=O) groups excluding carboxylic acids is 1. The summed E-state index contributed by atoms with van der Waals surface area (Å²) >= 11 is 0. The van der Waals surface area contributed by atoms with Gasteiger partial charge < -0.3 is 10.1 Å². The second-order valence-corrected chi connectivity index (χ2v) is 9.92. The minimum atomic E-state index is -3.74. The van der Waals surface area contributed by atoms with Crippen LogP contribution in [0.5, 0.6) is 5.75 Å². The van der Waals surface area contributed by atoms with E-state index in [0.29, 0.717) is 22.9 Å². The molecule has 0 saturated heterocycles. The molecule has 2 saturated carbocycles. The van der Waals surface area contributed by atoms with Crippen LogP contribution in [0.15, 0.2) is 53.4 Å². The number of sulfonamides is 1. The molecule has 0 aliphatic heterocycles. The fraction of sp³-hybridized carbons (Fsp3) is 0.409. The molecule has 2 fully saturated rings. The van der Waals surface area contributed by atoms with Gasteiger partial charge in [-0.05, 0) is 73.6 Å². The zero-order chi connectivity index (χ0) is 20.6. The Hall–Kier alpha value is -2.54. The predicted molar refractivity (Wildman–Crippen MR) is 112 cm³/mol. The quantitative estimate of drug-likeness (QED) is 0.786. The van der Waals surface area contributed by atoms with Crippen molar-refractivity contribution in [2.45, 2.75) is 36.6 Å². The third-order valence-corrected chi connectivity index (χ3v) is 8.04. The van der Waals surface area contributed by atoms with Crippen LogP contribution in [0.2, 0.25) is 0 Å². The van der Waals surface area contributed by atoms with Gasteiger partial charge in [0.15, 0.2) is 0 Å². The molecule has 0 unspecified atom stereocenters. The summed E-state index contributed by atoms with van der Waals surface area (Å²) in [5.41, 5.74) is 0.920. The van der Waals surface area contributed by atoms with E-state index in [0.717, 1.165) is 12.3 Å². The maximum Gasteiger partial charge on any atom is 0.264 e. The Bertz CT molecular complexity index is 1000. The van der Waals surface area contributed by atoms with Crippen LogP contribution in [0.3, 0.4) is 0 Å². The maximum atomic E-state index is 13.0. The number of ether oxygens (including phenoxy) is 1. The van der Waals surface area contributed by atoms with Gasteiger partial charge in [0, 0.05) is 18.7 Å². The number of rotatable bonds is 6. The molecule has 1 amide bonds. The van der Waals surface area contributed by atoms with Crippen LogP contribution in [0.4, 0.5) is 5.69 Å². The predicted octanol–water partition coefficient (Wildman–Crippen LogP) is 3.44. The molecular formula is C22H26N2O4S. The van der Waals surface area contributed by atoms with Crippen LogP contribution in [0.25, 0.3) is 0 Å². The Morgan fingerprint density at radius 2 is 1.86 bits per heavy atom. The lowest BCUT2D eigenvalue weighted by Gasteiger charge is -2.23. The van der Waals surface area contributed by atoms with Crippen molar-refractivity contribution in [2.75, 3.05) is 18.5 Å². The summed E-state index contributed by atoms with van der Waals surface area (Å²) in [4.78, 5) is 12.9. The fourth-order valence-corrected chi connectivity index (χ4v) is 5.75. The number of carbonyl (C=O) groups is 1. The summed E-state index contributed by atoms with van der Waals surface area (Å²) < 4.78 is 32.2. The minimum absolute atomic E-state index is 0.139. The second kappa shape index (κ2) is 7.71. The number of hydrogen-bond acceptors (Lipinski definition) is 4. The van der Waals surface area contributed by atoms with Gasteiger partial charge in [-0.3, -0.25) is 9.10 Å². The molecule has 1 N–H and O–H groups in total. The van der Waals surface area contributed by atoms with E-state index in [9.17, 15) is 13.2 Å². The van der Waals surface area contributed by atoms with E-state index in [1.54, 1.807) is 36.4 Å². The summed E-state index contributed by atoms with van der Waals surface area (Å²) in [5, 5.41) is 3.16. The van der Waals surface area contributed by atoms with E-state index in [1.165, 1.54) is 49.9 Å². The lowest BCUT2D eigenvalue weighted by atomic mass is 9.95. The van der Waals surface area contributed by atoms with Crippen molar-refractivity contribution in [3.05, 3.63) is 54.1 Å². The van der Waals surface area contributed by atoms with Gasteiger partial charge in [-0.15, -0.1) is 0 Å². The zero-order valence-corrected chi connectivity index (χ0v) is 17.5. The van der Waals surface area contributed by atoms with Crippen molar-refractivity contribution < 1.29 is 17.9 Å². The molecule has 154 valence electrons. The van der Waals surface area contributed by atoms with Gasteiger partial charge in [-0.25, -0.2) is 8.42 Å². The van der Waals surface area contributed by atoms with E-state index in [-0.39, 0.29) is 16.8 Å². The lowest BCUT2D eigenvalue weighted by molar-refractivity contribution is 0.0923. The Kier molecular flexibility index (Phi) is 5.25. The molecule has 4 rings (SSSR count). The second-order valence-electron chi connectivity index (χ2n) is 7.95. The first-order chi connectivity index (χ1) is 13.9. The van der Waals surface area contributed by atoms with Crippen molar-refractivity contribution >= 4 is 21.6 Å². The van der Waals surface area contributed by atoms with Crippen molar-refractivity contribution in [1.29, 1.82) is 0 Å². The number of benzene rings is 2. The lowest BCUT2D eigenvalue weighted by Crippen LogP contribution is -2.38. The van der Waals surface area contributed by atoms with E-state index >= 15 is 0 Å². The van der Waals surface area contributed by atoms with Gasteiger partial charge >= 0.3 is 0 Å². The van der Waals surface area contributed by atoms with Crippen LogP contribution in [0, 0.1) is 11.8 Å². The van der Waals surface area contributed by atoms with Gasteiger partial charge in [0.1, 0.15) is 5.75 Å². The molecule has 29 heavy (non-hydrogen) atoms. The SMILES string of the molecule is COc1ccc(S(=O)(=O)N(C)c2cccc(C(=O)N[C@@H]3C[C@@H]4CC[C@@H]3C4)c2)cc1. The number of nitrogens with one attached hydrogen (secondary N) is 1. The highest BCUT2D eigenvalue weighted by molar-refractivity contribution is 7.92. The van der Waals surface area contributed by atoms with Crippen molar-refractivity contribution in [3.8, 4) is 5.75 Å². The summed E-state index contributed by atoms with van der Waals surface area (Å²) in [5.74, 6) is 1.79. The summed E-state index contributed by atoms with van der Waals surface area (Å²) in [7, 11) is -0.720. The Morgan fingerprint density at radius 3 is 2.48 bits per heavy atom. The molecule has 0 aromatic heterocycles. The number of fused-ring (bicyclic) bond motifs is 2. The standard InChI is InChI=1S/C22H26N2O4S/c1-24(29(26,27)20-10-8-19(28-2)9-11-20)18-5-3-4-17(14-18)22(25)23-21-13-15-6-7-16(21)12-15/h3-5,8-11,14-16,21H,6-7,12-13H2,1-2H3,(H,23,25)/t15-,16-,21-/m1/s1. The van der Waals surface area contributed by atoms with Crippen LogP contribution in [-0.2, 0) is 10.0 Å².